The monoisotopic (exact) mass is 327 g/mol. The minimum atomic E-state index is -3.98. The summed E-state index contributed by atoms with van der Waals surface area (Å²) in [7, 11) is -3.98. The Hall–Kier alpha value is -2.09. The van der Waals surface area contributed by atoms with Crippen LogP contribution in [0.4, 0.5) is 10.5 Å². The highest BCUT2D eigenvalue weighted by molar-refractivity contribution is 7.90. The van der Waals surface area contributed by atoms with E-state index in [4.69, 9.17) is 0 Å². The Labute approximate surface area is 130 Å². The first-order valence-corrected chi connectivity index (χ1v) is 8.54. The van der Waals surface area contributed by atoms with E-state index in [1.54, 1.807) is 26.8 Å². The molecule has 0 aromatic heterocycles. The summed E-state index contributed by atoms with van der Waals surface area (Å²) in [5.41, 5.74) is 0.366. The number of anilines is 1. The molecular weight excluding hydrogens is 306 g/mol. The van der Waals surface area contributed by atoms with Gasteiger partial charge in [0.25, 0.3) is 10.0 Å². The Morgan fingerprint density at radius 2 is 1.77 bits per heavy atom. The fourth-order valence-electron chi connectivity index (χ4n) is 1.74. The van der Waals surface area contributed by atoms with Crippen molar-refractivity contribution in [3.63, 3.8) is 0 Å². The zero-order valence-electron chi connectivity index (χ0n) is 12.9. The highest BCUT2D eigenvalue weighted by Crippen LogP contribution is 2.15. The Morgan fingerprint density at radius 1 is 1.14 bits per heavy atom. The molecule has 1 aromatic carbocycles. The second kappa shape index (κ2) is 7.79. The van der Waals surface area contributed by atoms with E-state index < -0.39 is 16.1 Å². The van der Waals surface area contributed by atoms with E-state index in [9.17, 15) is 18.0 Å². The van der Waals surface area contributed by atoms with Crippen LogP contribution >= 0.6 is 0 Å². The van der Waals surface area contributed by atoms with Crippen molar-refractivity contribution in [1.82, 2.24) is 9.62 Å². The molecule has 0 bridgehead atoms. The maximum Gasteiger partial charge on any atom is 0.331 e. The van der Waals surface area contributed by atoms with Crippen molar-refractivity contribution in [3.8, 4) is 0 Å². The Kier molecular flexibility index (Phi) is 6.36. The summed E-state index contributed by atoms with van der Waals surface area (Å²) in [4.78, 5) is 24.5. The predicted octanol–water partition coefficient (Wildman–Crippen LogP) is 1.78. The molecule has 0 aliphatic rings. The van der Waals surface area contributed by atoms with Crippen LogP contribution in [0.15, 0.2) is 29.2 Å². The summed E-state index contributed by atoms with van der Waals surface area (Å²) in [6, 6.07) is 5.08. The molecule has 22 heavy (non-hydrogen) atoms. The molecule has 0 spiro atoms. The normalized spacial score (nSPS) is 10.9. The van der Waals surface area contributed by atoms with Crippen molar-refractivity contribution in [3.05, 3.63) is 24.3 Å². The van der Waals surface area contributed by atoms with Crippen LogP contribution in [0.3, 0.4) is 0 Å². The van der Waals surface area contributed by atoms with Crippen LogP contribution in [-0.2, 0) is 14.8 Å². The average Bonchev–Trinajstić information content (AvgIpc) is 2.48. The van der Waals surface area contributed by atoms with E-state index in [2.05, 4.69) is 5.32 Å². The number of nitrogens with zero attached hydrogens (tertiary/aromatic N) is 1. The summed E-state index contributed by atoms with van der Waals surface area (Å²) in [6.07, 6.45) is 0.287. The molecule has 3 amide bonds. The van der Waals surface area contributed by atoms with Gasteiger partial charge in [-0.1, -0.05) is 13.0 Å². The van der Waals surface area contributed by atoms with Gasteiger partial charge in [0.1, 0.15) is 0 Å². The molecule has 0 heterocycles. The van der Waals surface area contributed by atoms with Crippen LogP contribution in [-0.4, -0.2) is 38.3 Å². The lowest BCUT2D eigenvalue weighted by Crippen LogP contribution is -2.42. The summed E-state index contributed by atoms with van der Waals surface area (Å²) >= 11 is 0. The van der Waals surface area contributed by atoms with E-state index in [-0.39, 0.29) is 17.2 Å². The van der Waals surface area contributed by atoms with Gasteiger partial charge in [-0.3, -0.25) is 4.79 Å². The van der Waals surface area contributed by atoms with Gasteiger partial charge in [0.15, 0.2) is 0 Å². The molecule has 0 fully saturated rings. The van der Waals surface area contributed by atoms with E-state index in [0.717, 1.165) is 0 Å². The number of rotatable bonds is 6. The van der Waals surface area contributed by atoms with Crippen LogP contribution < -0.4 is 10.0 Å². The number of urea groups is 1. The number of carbonyl (C=O) groups is 2. The predicted molar refractivity (Wildman–Crippen MR) is 84.0 cm³/mol. The molecular formula is C14H21N3O4S. The SMILES string of the molecule is CCC(=O)Nc1cccc(S(=O)(=O)NC(=O)N(CC)CC)c1. The van der Waals surface area contributed by atoms with Crippen molar-refractivity contribution < 1.29 is 18.0 Å². The van der Waals surface area contributed by atoms with Gasteiger partial charge in [0, 0.05) is 25.2 Å². The zero-order valence-corrected chi connectivity index (χ0v) is 13.7. The number of amides is 3. The third-order valence-corrected chi connectivity index (χ3v) is 4.34. The maximum absolute atomic E-state index is 12.2. The Bertz CT molecular complexity index is 639. The van der Waals surface area contributed by atoms with Crippen LogP contribution in [0.5, 0.6) is 0 Å². The number of hydrogen-bond donors (Lipinski definition) is 2. The molecule has 0 radical (unpaired) electrons. The Balaban J connectivity index is 2.96. The van der Waals surface area contributed by atoms with E-state index in [1.165, 1.54) is 23.1 Å². The third kappa shape index (κ3) is 4.73. The minimum absolute atomic E-state index is 0.0816. The molecule has 0 unspecified atom stereocenters. The van der Waals surface area contributed by atoms with Crippen molar-refractivity contribution in [1.29, 1.82) is 0 Å². The lowest BCUT2D eigenvalue weighted by Gasteiger charge is -2.19. The van der Waals surface area contributed by atoms with Crippen molar-refractivity contribution >= 4 is 27.6 Å². The first kappa shape index (κ1) is 18.0. The van der Waals surface area contributed by atoms with Gasteiger partial charge in [0.05, 0.1) is 4.90 Å². The third-order valence-electron chi connectivity index (χ3n) is 3.02. The molecule has 0 saturated heterocycles. The van der Waals surface area contributed by atoms with Gasteiger partial charge in [-0.05, 0) is 32.0 Å². The quantitative estimate of drug-likeness (QED) is 0.832. The lowest BCUT2D eigenvalue weighted by atomic mass is 10.3. The molecule has 0 saturated carbocycles. The highest BCUT2D eigenvalue weighted by atomic mass is 32.2. The zero-order chi connectivity index (χ0) is 16.8. The van der Waals surface area contributed by atoms with Gasteiger partial charge in [-0.2, -0.15) is 0 Å². The number of nitrogens with one attached hydrogen (secondary N) is 2. The van der Waals surface area contributed by atoms with Crippen LogP contribution in [0.1, 0.15) is 27.2 Å². The molecule has 2 N–H and O–H groups in total. The van der Waals surface area contributed by atoms with Crippen LogP contribution in [0.2, 0.25) is 0 Å². The number of carbonyl (C=O) groups excluding carboxylic acids is 2. The minimum Gasteiger partial charge on any atom is -0.326 e. The van der Waals surface area contributed by atoms with Crippen molar-refractivity contribution in [2.75, 3.05) is 18.4 Å². The standard InChI is InChI=1S/C14H21N3O4S/c1-4-13(18)15-11-8-7-9-12(10-11)22(20,21)16-14(19)17(5-2)6-3/h7-10H,4-6H2,1-3H3,(H,15,18)(H,16,19). The first-order valence-electron chi connectivity index (χ1n) is 7.05. The smallest absolute Gasteiger partial charge is 0.326 e. The van der Waals surface area contributed by atoms with Gasteiger partial charge in [0.2, 0.25) is 5.91 Å². The fraction of sp³-hybridized carbons (Fsp3) is 0.429. The topological polar surface area (TPSA) is 95.6 Å². The molecule has 0 aliphatic carbocycles. The second-order valence-electron chi connectivity index (χ2n) is 4.51. The van der Waals surface area contributed by atoms with Crippen LogP contribution in [0, 0.1) is 0 Å². The first-order chi connectivity index (χ1) is 10.3. The van der Waals surface area contributed by atoms with Crippen LogP contribution in [0.25, 0.3) is 0 Å². The van der Waals surface area contributed by atoms with E-state index in [1.807, 2.05) is 4.72 Å². The largest absolute Gasteiger partial charge is 0.331 e. The second-order valence-corrected chi connectivity index (χ2v) is 6.19. The molecule has 0 aliphatic heterocycles. The summed E-state index contributed by atoms with van der Waals surface area (Å²) in [6.45, 7) is 6.03. The summed E-state index contributed by atoms with van der Waals surface area (Å²) in [5.74, 6) is -0.221. The number of sulfonamides is 1. The molecule has 1 aromatic rings. The van der Waals surface area contributed by atoms with Gasteiger partial charge >= 0.3 is 6.03 Å². The molecule has 0 atom stereocenters. The maximum atomic E-state index is 12.2. The molecule has 122 valence electrons. The number of benzene rings is 1. The summed E-state index contributed by atoms with van der Waals surface area (Å²) in [5, 5.41) is 2.58. The van der Waals surface area contributed by atoms with Crippen molar-refractivity contribution in [2.45, 2.75) is 32.1 Å². The molecule has 1 rings (SSSR count). The number of hydrogen-bond acceptors (Lipinski definition) is 4. The lowest BCUT2D eigenvalue weighted by molar-refractivity contribution is -0.115. The average molecular weight is 327 g/mol. The van der Waals surface area contributed by atoms with E-state index in [0.29, 0.717) is 18.8 Å². The van der Waals surface area contributed by atoms with Crippen molar-refractivity contribution in [2.24, 2.45) is 0 Å². The molecule has 8 heteroatoms. The van der Waals surface area contributed by atoms with E-state index >= 15 is 0 Å². The highest BCUT2D eigenvalue weighted by Gasteiger charge is 2.20. The molecule has 7 nitrogen and oxygen atoms in total. The van der Waals surface area contributed by atoms with Gasteiger partial charge in [-0.25, -0.2) is 17.9 Å². The van der Waals surface area contributed by atoms with Gasteiger partial charge in [-0.15, -0.1) is 0 Å². The fourth-order valence-corrected chi connectivity index (χ4v) is 2.76. The van der Waals surface area contributed by atoms with Gasteiger partial charge < -0.3 is 10.2 Å². The Morgan fingerprint density at radius 3 is 2.32 bits per heavy atom. The summed E-state index contributed by atoms with van der Waals surface area (Å²) < 4.78 is 26.4.